The predicted octanol–water partition coefficient (Wildman–Crippen LogP) is 4.76. The van der Waals surface area contributed by atoms with Crippen molar-refractivity contribution in [3.8, 4) is 21.9 Å². The van der Waals surface area contributed by atoms with E-state index in [1.165, 1.54) is 5.56 Å². The molecule has 0 aliphatic carbocycles. The normalized spacial score (nSPS) is 14.5. The molecule has 2 amide bonds. The van der Waals surface area contributed by atoms with E-state index in [-0.39, 0.29) is 17.9 Å². The highest BCUT2D eigenvalue weighted by Crippen LogP contribution is 2.35. The minimum atomic E-state index is -0.761. The Bertz CT molecular complexity index is 1770. The van der Waals surface area contributed by atoms with Crippen LogP contribution in [0.4, 0.5) is 0 Å². The molecule has 10 nitrogen and oxygen atoms in total. The number of thiazole rings is 1. The minimum absolute atomic E-state index is 0.0208. The van der Waals surface area contributed by atoms with Crippen LogP contribution >= 0.6 is 11.3 Å². The van der Waals surface area contributed by atoms with Crippen molar-refractivity contribution in [3.63, 3.8) is 0 Å². The Labute approximate surface area is 271 Å². The van der Waals surface area contributed by atoms with E-state index in [9.17, 15) is 9.59 Å². The zero-order valence-corrected chi connectivity index (χ0v) is 26.5. The molecule has 2 atom stereocenters. The second-order valence-electron chi connectivity index (χ2n) is 11.1. The van der Waals surface area contributed by atoms with Gasteiger partial charge in [-0.15, -0.1) is 11.3 Å². The van der Waals surface area contributed by atoms with Crippen molar-refractivity contribution in [3.05, 3.63) is 119 Å². The number of carbonyl (C=O) groups is 2. The van der Waals surface area contributed by atoms with Crippen molar-refractivity contribution in [2.24, 2.45) is 0 Å². The van der Waals surface area contributed by atoms with E-state index >= 15 is 0 Å². The van der Waals surface area contributed by atoms with Crippen LogP contribution in [-0.4, -0.2) is 53.2 Å². The largest absolute Gasteiger partial charge is 0.497 e. The molecule has 3 N–H and O–H groups in total. The number of likely N-dealkylation sites (N-methyl/N-ethyl adjacent to an activating group) is 1. The number of imidazole rings is 1. The fourth-order valence-electron chi connectivity index (χ4n) is 5.63. The first-order chi connectivity index (χ1) is 22.5. The zero-order chi connectivity index (χ0) is 31.9. The van der Waals surface area contributed by atoms with E-state index in [2.05, 4.69) is 54.8 Å². The lowest BCUT2D eigenvalue weighted by Crippen LogP contribution is -2.47. The van der Waals surface area contributed by atoms with Gasteiger partial charge in [0.2, 0.25) is 5.91 Å². The Morgan fingerprint density at radius 1 is 1.04 bits per heavy atom. The number of carbonyl (C=O) groups excluding carboxylic acids is 2. The lowest BCUT2D eigenvalue weighted by atomic mass is 9.96. The Balaban J connectivity index is 1.12. The van der Waals surface area contributed by atoms with Gasteiger partial charge in [-0.25, -0.2) is 4.98 Å². The molecule has 1 aliphatic rings. The van der Waals surface area contributed by atoms with Gasteiger partial charge >= 0.3 is 0 Å². The molecule has 0 saturated carbocycles. The van der Waals surface area contributed by atoms with E-state index in [1.54, 1.807) is 31.6 Å². The van der Waals surface area contributed by atoms with Crippen LogP contribution in [0.15, 0.2) is 91.0 Å². The number of hydrogen-bond acceptors (Lipinski definition) is 8. The van der Waals surface area contributed by atoms with Crippen LogP contribution < -0.4 is 25.4 Å². The van der Waals surface area contributed by atoms with E-state index in [1.807, 2.05) is 60.6 Å². The molecule has 3 heterocycles. The summed E-state index contributed by atoms with van der Waals surface area (Å²) < 4.78 is 13.4. The zero-order valence-electron chi connectivity index (χ0n) is 25.7. The van der Waals surface area contributed by atoms with Gasteiger partial charge in [-0.2, -0.15) is 0 Å². The van der Waals surface area contributed by atoms with Crippen LogP contribution in [0.3, 0.4) is 0 Å². The monoisotopic (exact) mass is 636 g/mol. The highest BCUT2D eigenvalue weighted by Gasteiger charge is 2.28. The summed E-state index contributed by atoms with van der Waals surface area (Å²) in [6.07, 6.45) is 6.70. The van der Waals surface area contributed by atoms with Gasteiger partial charge in [0.1, 0.15) is 17.5 Å². The van der Waals surface area contributed by atoms with Gasteiger partial charge in [0.15, 0.2) is 0 Å². The topological polar surface area (TPSA) is 119 Å². The lowest BCUT2D eigenvalue weighted by molar-refractivity contribution is -0.122. The first-order valence-corrected chi connectivity index (χ1v) is 16.0. The van der Waals surface area contributed by atoms with Crippen molar-refractivity contribution >= 4 is 23.2 Å². The molecule has 11 heteroatoms. The van der Waals surface area contributed by atoms with Crippen LogP contribution in [0, 0.1) is 0 Å². The van der Waals surface area contributed by atoms with Crippen molar-refractivity contribution in [1.82, 2.24) is 30.5 Å². The van der Waals surface area contributed by atoms with E-state index in [4.69, 9.17) is 9.47 Å². The number of fused-ring (bicyclic) bond motifs is 1. The number of nitrogens with zero attached hydrogens (tertiary/aromatic N) is 3. The predicted molar refractivity (Wildman–Crippen MR) is 177 cm³/mol. The Hall–Kier alpha value is -5.00. The molecule has 0 unspecified atom stereocenters. The van der Waals surface area contributed by atoms with Gasteiger partial charge in [0.25, 0.3) is 5.91 Å². The molecule has 1 aliphatic heterocycles. The molecule has 46 heavy (non-hydrogen) atoms. The third-order valence-corrected chi connectivity index (χ3v) is 8.96. The maximum absolute atomic E-state index is 13.6. The maximum Gasteiger partial charge on any atom is 0.255 e. The van der Waals surface area contributed by atoms with Crippen molar-refractivity contribution < 1.29 is 19.1 Å². The molecule has 5 aromatic rings. The number of nitrogens with one attached hydrogen (secondary N) is 3. The lowest BCUT2D eigenvalue weighted by Gasteiger charge is -2.28. The van der Waals surface area contributed by atoms with E-state index in [0.29, 0.717) is 37.4 Å². The molecule has 0 saturated heterocycles. The SMILES string of the molecule is CNC(=O)[C@H](Cc1ccc(OC)cc1)NC(=O)c1cccc2c1OCC[C@H]2NCc1cncn1Cc1ccc(-c2cncs2)cc1. The molecule has 0 spiro atoms. The summed E-state index contributed by atoms with van der Waals surface area (Å²) >= 11 is 1.63. The van der Waals surface area contributed by atoms with Crippen LogP contribution in [0.2, 0.25) is 0 Å². The van der Waals surface area contributed by atoms with Gasteiger partial charge in [0.05, 0.1) is 41.7 Å². The number of rotatable bonds is 12. The summed E-state index contributed by atoms with van der Waals surface area (Å²) in [5.74, 6) is 0.627. The second-order valence-corrected chi connectivity index (χ2v) is 11.9. The fraction of sp³-hybridized carbons (Fsp3) is 0.257. The highest BCUT2D eigenvalue weighted by atomic mass is 32.1. The summed E-state index contributed by atoms with van der Waals surface area (Å²) in [6.45, 7) is 1.77. The minimum Gasteiger partial charge on any atom is -0.497 e. The quantitative estimate of drug-likeness (QED) is 0.181. The summed E-state index contributed by atoms with van der Waals surface area (Å²) in [5, 5.41) is 9.25. The van der Waals surface area contributed by atoms with E-state index < -0.39 is 6.04 Å². The molecule has 0 bridgehead atoms. The summed E-state index contributed by atoms with van der Waals surface area (Å²) in [5.41, 5.74) is 7.45. The van der Waals surface area contributed by atoms with Gasteiger partial charge in [-0.05, 0) is 34.9 Å². The number of ether oxygens (including phenoxy) is 2. The number of para-hydroxylation sites is 1. The summed E-state index contributed by atoms with van der Waals surface area (Å²) in [6, 6.07) is 20.8. The molecule has 3 aromatic carbocycles. The van der Waals surface area contributed by atoms with Crippen LogP contribution in [-0.2, 0) is 24.3 Å². The molecule has 2 aromatic heterocycles. The number of aromatic nitrogens is 3. The van der Waals surface area contributed by atoms with E-state index in [0.717, 1.165) is 39.4 Å². The average Bonchev–Trinajstić information content (AvgIpc) is 3.80. The maximum atomic E-state index is 13.6. The van der Waals surface area contributed by atoms with Gasteiger partial charge in [-0.1, -0.05) is 48.5 Å². The number of hydrogen-bond donors (Lipinski definition) is 3. The third kappa shape index (κ3) is 7.11. The summed E-state index contributed by atoms with van der Waals surface area (Å²) in [7, 11) is 3.16. The van der Waals surface area contributed by atoms with Gasteiger partial charge in [-0.3, -0.25) is 14.6 Å². The summed E-state index contributed by atoms with van der Waals surface area (Å²) in [4.78, 5) is 36.1. The molecular formula is C35H36N6O4S. The number of amides is 2. The molecule has 0 radical (unpaired) electrons. The number of benzene rings is 3. The van der Waals surface area contributed by atoms with Gasteiger partial charge < -0.3 is 30.0 Å². The molecule has 0 fully saturated rings. The van der Waals surface area contributed by atoms with Crippen molar-refractivity contribution in [2.75, 3.05) is 20.8 Å². The van der Waals surface area contributed by atoms with Crippen LogP contribution in [0.5, 0.6) is 11.5 Å². The Kier molecular flexibility index (Phi) is 9.70. The van der Waals surface area contributed by atoms with Crippen LogP contribution in [0.25, 0.3) is 10.4 Å². The first kappa shape index (κ1) is 31.0. The molecular weight excluding hydrogens is 600 g/mol. The highest BCUT2D eigenvalue weighted by molar-refractivity contribution is 7.13. The third-order valence-electron chi connectivity index (χ3n) is 8.14. The van der Waals surface area contributed by atoms with Crippen molar-refractivity contribution in [2.45, 2.75) is 38.0 Å². The number of methoxy groups -OCH3 is 1. The fourth-order valence-corrected chi connectivity index (χ4v) is 6.26. The van der Waals surface area contributed by atoms with Crippen LogP contribution in [0.1, 0.15) is 45.2 Å². The molecule has 6 rings (SSSR count). The van der Waals surface area contributed by atoms with Gasteiger partial charge in [0, 0.05) is 57.0 Å². The average molecular weight is 637 g/mol. The second kappa shape index (κ2) is 14.4. The Morgan fingerprint density at radius 3 is 2.59 bits per heavy atom. The standard InChI is InChI=1S/C35H36N6O4S/c1-36-35(43)31(16-23-8-12-27(44-2)13-9-23)40-34(42)29-5-3-4-28-30(14-15-45-33(28)29)39-18-26-17-37-21-41(26)20-24-6-10-25(11-7-24)32-19-38-22-46-32/h3-13,17,19,21-22,30-31,39H,14-16,18,20H2,1-2H3,(H,36,43)(H,40,42)/t30-,31+/m1/s1. The first-order valence-electron chi connectivity index (χ1n) is 15.1. The van der Waals surface area contributed by atoms with Crippen molar-refractivity contribution in [1.29, 1.82) is 0 Å². The smallest absolute Gasteiger partial charge is 0.255 e. The Morgan fingerprint density at radius 2 is 1.85 bits per heavy atom. The molecule has 236 valence electrons.